The summed E-state index contributed by atoms with van der Waals surface area (Å²) in [5.74, 6) is -0.711. The average molecular weight is 201 g/mol. The minimum atomic E-state index is -3.52. The highest BCUT2D eigenvalue weighted by molar-refractivity contribution is 7.89. The smallest absolute Gasteiger partial charge is 0.266 e. The fourth-order valence-corrected chi connectivity index (χ4v) is 1.11. The van der Waals surface area contributed by atoms with Crippen LogP contribution in [0, 0.1) is 0 Å². The minimum absolute atomic E-state index is 0.153. The number of carbonyl (C=O) groups is 1. The van der Waals surface area contributed by atoms with Gasteiger partial charge in [0.1, 0.15) is 0 Å². The zero-order valence-electron chi connectivity index (χ0n) is 6.76. The van der Waals surface area contributed by atoms with Crippen LogP contribution in [0.2, 0.25) is 0 Å². The van der Waals surface area contributed by atoms with E-state index >= 15 is 0 Å². The van der Waals surface area contributed by atoms with Crippen molar-refractivity contribution >= 4 is 15.9 Å². The summed E-state index contributed by atoms with van der Waals surface area (Å²) in [5.41, 5.74) is 0.153. The van der Waals surface area contributed by atoms with Crippen molar-refractivity contribution in [2.75, 3.05) is 6.26 Å². The molecule has 0 spiro atoms. The van der Waals surface area contributed by atoms with Crippen molar-refractivity contribution in [2.45, 2.75) is 0 Å². The molecule has 0 aliphatic heterocycles. The van der Waals surface area contributed by atoms with Crippen LogP contribution in [0.3, 0.4) is 0 Å². The Balaban J connectivity index is 2.82. The Labute approximate surface area is 75.0 Å². The van der Waals surface area contributed by atoms with Gasteiger partial charge in [-0.25, -0.2) is 13.1 Å². The lowest BCUT2D eigenvalue weighted by molar-refractivity contribution is 0.0981. The van der Waals surface area contributed by atoms with Crippen LogP contribution in [-0.4, -0.2) is 30.8 Å². The lowest BCUT2D eigenvalue weighted by atomic mass is 10.3. The second-order valence-corrected chi connectivity index (χ2v) is 4.08. The predicted molar refractivity (Wildman–Crippen MR) is 44.3 cm³/mol. The standard InChI is InChI=1S/C6H7N3O3S/c1-13(11,12)9-6(10)5-2-3-7-8-4-5/h2-4H,1H3,(H,9,10). The van der Waals surface area contributed by atoms with E-state index < -0.39 is 15.9 Å². The van der Waals surface area contributed by atoms with Crippen LogP contribution in [0.4, 0.5) is 0 Å². The minimum Gasteiger partial charge on any atom is -0.268 e. The molecule has 7 heteroatoms. The van der Waals surface area contributed by atoms with Crippen LogP contribution < -0.4 is 4.72 Å². The van der Waals surface area contributed by atoms with E-state index in [1.165, 1.54) is 18.5 Å². The summed E-state index contributed by atoms with van der Waals surface area (Å²) in [6.07, 6.45) is 3.39. The maximum Gasteiger partial charge on any atom is 0.266 e. The average Bonchev–Trinajstić information content (AvgIpc) is 2.03. The molecule has 1 aromatic rings. The highest BCUT2D eigenvalue weighted by Crippen LogP contribution is 1.93. The van der Waals surface area contributed by atoms with E-state index in [9.17, 15) is 13.2 Å². The van der Waals surface area contributed by atoms with Gasteiger partial charge in [-0.2, -0.15) is 10.2 Å². The first-order valence-corrected chi connectivity index (χ1v) is 5.17. The molecular weight excluding hydrogens is 194 g/mol. The third kappa shape index (κ3) is 3.16. The van der Waals surface area contributed by atoms with Crippen LogP contribution in [0.15, 0.2) is 18.5 Å². The van der Waals surface area contributed by atoms with Crippen LogP contribution in [-0.2, 0) is 10.0 Å². The van der Waals surface area contributed by atoms with Gasteiger partial charge < -0.3 is 0 Å². The lowest BCUT2D eigenvalue weighted by Gasteiger charge is -2.00. The third-order valence-corrected chi connectivity index (χ3v) is 1.68. The Hall–Kier alpha value is -1.50. The number of rotatable bonds is 2. The Kier molecular flexibility index (Phi) is 2.57. The molecule has 0 unspecified atom stereocenters. The van der Waals surface area contributed by atoms with E-state index in [1.807, 2.05) is 0 Å². The molecule has 70 valence electrons. The van der Waals surface area contributed by atoms with Crippen molar-refractivity contribution in [1.29, 1.82) is 0 Å². The Morgan fingerprint density at radius 2 is 2.15 bits per heavy atom. The van der Waals surface area contributed by atoms with Crippen molar-refractivity contribution in [3.63, 3.8) is 0 Å². The SMILES string of the molecule is CS(=O)(=O)NC(=O)c1ccnnc1. The summed E-state index contributed by atoms with van der Waals surface area (Å²) < 4.78 is 23.1. The van der Waals surface area contributed by atoms with Crippen LogP contribution >= 0.6 is 0 Å². The molecule has 0 saturated carbocycles. The van der Waals surface area contributed by atoms with Gasteiger partial charge >= 0.3 is 0 Å². The number of sulfonamides is 1. The summed E-state index contributed by atoms with van der Waals surface area (Å²) in [7, 11) is -3.52. The number of hydrogen-bond acceptors (Lipinski definition) is 5. The summed E-state index contributed by atoms with van der Waals surface area (Å²) >= 11 is 0. The molecule has 0 atom stereocenters. The molecule has 1 heterocycles. The highest BCUT2D eigenvalue weighted by atomic mass is 32.2. The number of aromatic nitrogens is 2. The van der Waals surface area contributed by atoms with Crippen molar-refractivity contribution in [3.05, 3.63) is 24.0 Å². The molecule has 1 rings (SSSR count). The fraction of sp³-hybridized carbons (Fsp3) is 0.167. The molecular formula is C6H7N3O3S. The summed E-state index contributed by atoms with van der Waals surface area (Å²) in [6, 6.07) is 1.37. The quantitative estimate of drug-likeness (QED) is 0.674. The Morgan fingerprint density at radius 1 is 1.46 bits per heavy atom. The molecule has 0 saturated heterocycles. The topological polar surface area (TPSA) is 89.0 Å². The predicted octanol–water partition coefficient (Wildman–Crippen LogP) is -0.834. The first-order valence-electron chi connectivity index (χ1n) is 3.28. The molecule has 0 aromatic carbocycles. The molecule has 1 N–H and O–H groups in total. The Bertz CT molecular complexity index is 400. The van der Waals surface area contributed by atoms with Gasteiger partial charge in [-0.15, -0.1) is 0 Å². The fourth-order valence-electron chi connectivity index (χ4n) is 0.652. The number of nitrogens with zero attached hydrogens (tertiary/aromatic N) is 2. The summed E-state index contributed by atoms with van der Waals surface area (Å²) in [6.45, 7) is 0. The van der Waals surface area contributed by atoms with Crippen molar-refractivity contribution < 1.29 is 13.2 Å². The van der Waals surface area contributed by atoms with E-state index in [0.717, 1.165) is 6.26 Å². The molecule has 0 radical (unpaired) electrons. The van der Waals surface area contributed by atoms with Crippen LogP contribution in [0.1, 0.15) is 10.4 Å². The first kappa shape index (κ1) is 9.59. The van der Waals surface area contributed by atoms with E-state index in [4.69, 9.17) is 0 Å². The molecule has 0 aliphatic carbocycles. The number of hydrogen-bond donors (Lipinski definition) is 1. The van der Waals surface area contributed by atoms with Gasteiger partial charge in [0.15, 0.2) is 0 Å². The van der Waals surface area contributed by atoms with Gasteiger partial charge in [0.05, 0.1) is 24.2 Å². The van der Waals surface area contributed by atoms with Gasteiger partial charge in [0.2, 0.25) is 10.0 Å². The first-order chi connectivity index (χ1) is 5.99. The summed E-state index contributed by atoms with van der Waals surface area (Å²) in [5, 5.41) is 6.87. The van der Waals surface area contributed by atoms with Crippen molar-refractivity contribution in [1.82, 2.24) is 14.9 Å². The molecule has 0 aliphatic rings. The second-order valence-electron chi connectivity index (χ2n) is 2.33. The van der Waals surface area contributed by atoms with Crippen molar-refractivity contribution in [3.8, 4) is 0 Å². The Morgan fingerprint density at radius 3 is 2.62 bits per heavy atom. The van der Waals surface area contributed by atoms with Gasteiger partial charge in [-0.1, -0.05) is 0 Å². The molecule has 1 aromatic heterocycles. The highest BCUT2D eigenvalue weighted by Gasteiger charge is 2.10. The van der Waals surface area contributed by atoms with Gasteiger partial charge in [0.25, 0.3) is 5.91 Å². The van der Waals surface area contributed by atoms with Gasteiger partial charge in [-0.3, -0.25) is 4.79 Å². The molecule has 0 bridgehead atoms. The normalized spacial score (nSPS) is 10.8. The number of amides is 1. The van der Waals surface area contributed by atoms with E-state index in [0.29, 0.717) is 0 Å². The van der Waals surface area contributed by atoms with E-state index in [1.54, 1.807) is 4.72 Å². The van der Waals surface area contributed by atoms with Crippen molar-refractivity contribution in [2.24, 2.45) is 0 Å². The molecule has 6 nitrogen and oxygen atoms in total. The van der Waals surface area contributed by atoms with Gasteiger partial charge in [0, 0.05) is 0 Å². The van der Waals surface area contributed by atoms with E-state index in [2.05, 4.69) is 10.2 Å². The van der Waals surface area contributed by atoms with Crippen LogP contribution in [0.25, 0.3) is 0 Å². The monoisotopic (exact) mass is 201 g/mol. The van der Waals surface area contributed by atoms with E-state index in [-0.39, 0.29) is 5.56 Å². The maximum absolute atomic E-state index is 11.1. The molecule has 1 amide bonds. The lowest BCUT2D eigenvalue weighted by Crippen LogP contribution is -2.29. The zero-order chi connectivity index (χ0) is 9.90. The zero-order valence-corrected chi connectivity index (χ0v) is 7.58. The molecule has 0 fully saturated rings. The third-order valence-electron chi connectivity index (χ3n) is 1.12. The summed E-state index contributed by atoms with van der Waals surface area (Å²) in [4.78, 5) is 11.1. The largest absolute Gasteiger partial charge is 0.268 e. The number of carbonyl (C=O) groups excluding carboxylic acids is 1. The van der Waals surface area contributed by atoms with Crippen LogP contribution in [0.5, 0.6) is 0 Å². The van der Waals surface area contributed by atoms with Gasteiger partial charge in [-0.05, 0) is 6.07 Å². The second kappa shape index (κ2) is 3.48. The number of nitrogens with one attached hydrogen (secondary N) is 1. The molecule has 13 heavy (non-hydrogen) atoms. The maximum atomic E-state index is 11.1.